The zero-order chi connectivity index (χ0) is 20.7. The average molecular weight is 535 g/mol. The molecule has 0 aliphatic carbocycles. The Morgan fingerprint density at radius 3 is 2.41 bits per heavy atom. The molecule has 170 valence electrons. The molecule has 2 aliphatic rings. The molecule has 2 saturated heterocycles. The zero-order valence-electron chi connectivity index (χ0n) is 17.4. The summed E-state index contributed by atoms with van der Waals surface area (Å²) < 4.78 is 44.6. The summed E-state index contributed by atoms with van der Waals surface area (Å²) in [5.41, 5.74) is 0. The average Bonchev–Trinajstić information content (AvgIpc) is 2.67. The Kier molecular flexibility index (Phi) is 11.0. The quantitative estimate of drug-likeness (QED) is 0.331. The molecule has 2 rings (SSSR count). The Hall–Kier alpha value is -0.820. The summed E-state index contributed by atoms with van der Waals surface area (Å²) in [5.74, 6) is 0.432. The predicted octanol–water partition coefficient (Wildman–Crippen LogP) is 1.78. The number of hydrogen-bond donors (Lipinski definition) is 1. The van der Waals surface area contributed by atoms with Crippen molar-refractivity contribution in [3.63, 3.8) is 0 Å². The minimum Gasteiger partial charge on any atom is -0.376 e. The third kappa shape index (κ3) is 8.44. The molecule has 0 spiro atoms. The lowest BCUT2D eigenvalue weighted by Gasteiger charge is -2.40. The largest absolute Gasteiger partial charge is 0.403 e. The summed E-state index contributed by atoms with van der Waals surface area (Å²) in [6.45, 7) is 3.95. The second kappa shape index (κ2) is 12.1. The molecule has 2 heterocycles. The summed E-state index contributed by atoms with van der Waals surface area (Å²) in [7, 11) is 3.33. The molecular weight excluding hydrogens is 502 g/mol. The van der Waals surface area contributed by atoms with Gasteiger partial charge < -0.3 is 19.9 Å². The molecule has 29 heavy (non-hydrogen) atoms. The molecule has 0 aromatic heterocycles. The van der Waals surface area contributed by atoms with E-state index < -0.39 is 12.2 Å². The standard InChI is InChI=1S/C18H32F3N5O2.HI/c1-14(18(19,20)21)25-7-9-26(10-8-25)17(23-13-16(27)24(2)3)22-12-15-6-4-5-11-28-15;/h14-15H,4-13H2,1-3H3,(H,22,23);1H. The highest BCUT2D eigenvalue weighted by Crippen LogP contribution is 2.25. The lowest BCUT2D eigenvalue weighted by Crippen LogP contribution is -2.57. The number of alkyl halides is 3. The molecule has 0 saturated carbocycles. The van der Waals surface area contributed by atoms with Crippen LogP contribution in [-0.2, 0) is 9.53 Å². The van der Waals surface area contributed by atoms with Crippen LogP contribution in [0.5, 0.6) is 0 Å². The molecule has 2 aliphatic heterocycles. The van der Waals surface area contributed by atoms with Gasteiger partial charge in [0.25, 0.3) is 0 Å². The van der Waals surface area contributed by atoms with E-state index in [-0.39, 0.29) is 42.5 Å². The SMILES string of the molecule is CC(N1CCN(C(=NCC(=O)N(C)C)NCC2CCCCO2)CC1)C(F)(F)F.I. The summed E-state index contributed by atoms with van der Waals surface area (Å²) >= 11 is 0. The van der Waals surface area contributed by atoms with E-state index in [2.05, 4.69) is 10.3 Å². The molecule has 1 amide bonds. The number of rotatable bonds is 5. The molecule has 0 aromatic rings. The normalized spacial score (nSPS) is 22.6. The third-order valence-corrected chi connectivity index (χ3v) is 5.26. The van der Waals surface area contributed by atoms with E-state index in [0.29, 0.717) is 38.7 Å². The van der Waals surface area contributed by atoms with E-state index in [1.54, 1.807) is 14.1 Å². The summed E-state index contributed by atoms with van der Waals surface area (Å²) in [6.07, 6.45) is -0.989. The number of hydrogen-bond acceptors (Lipinski definition) is 4. The Balaban J connectivity index is 0.00000420. The van der Waals surface area contributed by atoms with Crippen molar-refractivity contribution in [2.75, 3.05) is 60.0 Å². The topological polar surface area (TPSA) is 60.4 Å². The van der Waals surface area contributed by atoms with Gasteiger partial charge in [-0.15, -0.1) is 24.0 Å². The van der Waals surface area contributed by atoms with Crippen LogP contribution >= 0.6 is 24.0 Å². The van der Waals surface area contributed by atoms with Crippen molar-refractivity contribution >= 4 is 35.8 Å². The van der Waals surface area contributed by atoms with Crippen LogP contribution < -0.4 is 5.32 Å². The van der Waals surface area contributed by atoms with E-state index in [0.717, 1.165) is 25.9 Å². The van der Waals surface area contributed by atoms with Crippen LogP contribution in [0.4, 0.5) is 13.2 Å². The lowest BCUT2D eigenvalue weighted by molar-refractivity contribution is -0.181. The maximum atomic E-state index is 13.0. The smallest absolute Gasteiger partial charge is 0.376 e. The first-order chi connectivity index (χ1) is 13.2. The zero-order valence-corrected chi connectivity index (χ0v) is 19.7. The molecule has 2 fully saturated rings. The molecule has 0 bridgehead atoms. The maximum Gasteiger partial charge on any atom is 0.403 e. The minimum atomic E-state index is -4.23. The van der Waals surface area contributed by atoms with Gasteiger partial charge in [0.05, 0.1) is 6.10 Å². The number of nitrogens with zero attached hydrogens (tertiary/aromatic N) is 4. The van der Waals surface area contributed by atoms with Gasteiger partial charge in [0.15, 0.2) is 5.96 Å². The number of carbonyl (C=O) groups is 1. The van der Waals surface area contributed by atoms with Crippen molar-refractivity contribution in [2.24, 2.45) is 4.99 Å². The van der Waals surface area contributed by atoms with Crippen LogP contribution in [0.1, 0.15) is 26.2 Å². The van der Waals surface area contributed by atoms with Gasteiger partial charge in [-0.25, -0.2) is 4.99 Å². The van der Waals surface area contributed by atoms with Crippen LogP contribution in [0.2, 0.25) is 0 Å². The van der Waals surface area contributed by atoms with Gasteiger partial charge in [0, 0.05) is 53.4 Å². The van der Waals surface area contributed by atoms with E-state index >= 15 is 0 Å². The van der Waals surface area contributed by atoms with Gasteiger partial charge in [0.2, 0.25) is 5.91 Å². The van der Waals surface area contributed by atoms with Crippen molar-refractivity contribution < 1.29 is 22.7 Å². The van der Waals surface area contributed by atoms with Crippen molar-refractivity contribution in [1.29, 1.82) is 0 Å². The summed E-state index contributed by atoms with van der Waals surface area (Å²) in [6, 6.07) is -1.46. The third-order valence-electron chi connectivity index (χ3n) is 5.26. The second-order valence-corrected chi connectivity index (χ2v) is 7.54. The number of halogens is 4. The minimum absolute atomic E-state index is 0. The van der Waals surface area contributed by atoms with E-state index in [4.69, 9.17) is 4.74 Å². The monoisotopic (exact) mass is 535 g/mol. The number of aliphatic imine (C=N–C) groups is 1. The van der Waals surface area contributed by atoms with Crippen LogP contribution in [0.15, 0.2) is 4.99 Å². The molecular formula is C18H33F3IN5O2. The molecule has 2 unspecified atom stereocenters. The highest BCUT2D eigenvalue weighted by atomic mass is 127. The van der Waals surface area contributed by atoms with Gasteiger partial charge in [-0.05, 0) is 26.2 Å². The molecule has 7 nitrogen and oxygen atoms in total. The van der Waals surface area contributed by atoms with E-state index in [1.165, 1.54) is 16.7 Å². The fourth-order valence-corrected chi connectivity index (χ4v) is 3.25. The number of amides is 1. The van der Waals surface area contributed by atoms with Crippen LogP contribution in [0.3, 0.4) is 0 Å². The van der Waals surface area contributed by atoms with Crippen LogP contribution in [0, 0.1) is 0 Å². The molecule has 0 aromatic carbocycles. The number of guanidine groups is 1. The Labute approximate surface area is 188 Å². The first-order valence-corrected chi connectivity index (χ1v) is 9.84. The van der Waals surface area contributed by atoms with Crippen LogP contribution in [-0.4, -0.2) is 105 Å². The lowest BCUT2D eigenvalue weighted by atomic mass is 10.1. The maximum absolute atomic E-state index is 13.0. The molecule has 11 heteroatoms. The van der Waals surface area contributed by atoms with E-state index in [9.17, 15) is 18.0 Å². The summed E-state index contributed by atoms with van der Waals surface area (Å²) in [5, 5.41) is 3.27. The van der Waals surface area contributed by atoms with Crippen LogP contribution in [0.25, 0.3) is 0 Å². The predicted molar refractivity (Wildman–Crippen MR) is 117 cm³/mol. The van der Waals surface area contributed by atoms with Gasteiger partial charge in [0.1, 0.15) is 12.6 Å². The number of piperazine rings is 1. The van der Waals surface area contributed by atoms with Crippen molar-refractivity contribution in [1.82, 2.24) is 20.0 Å². The van der Waals surface area contributed by atoms with E-state index in [1.807, 2.05) is 4.90 Å². The Morgan fingerprint density at radius 1 is 1.24 bits per heavy atom. The van der Waals surface area contributed by atoms with Crippen molar-refractivity contribution in [3.8, 4) is 0 Å². The first kappa shape index (κ1) is 26.2. The number of nitrogens with one attached hydrogen (secondary N) is 1. The second-order valence-electron chi connectivity index (χ2n) is 7.54. The van der Waals surface area contributed by atoms with Crippen molar-refractivity contribution in [3.05, 3.63) is 0 Å². The van der Waals surface area contributed by atoms with Gasteiger partial charge in [-0.1, -0.05) is 0 Å². The highest BCUT2D eigenvalue weighted by molar-refractivity contribution is 14.0. The highest BCUT2D eigenvalue weighted by Gasteiger charge is 2.41. The Morgan fingerprint density at radius 2 is 1.90 bits per heavy atom. The number of ether oxygens (including phenoxy) is 1. The first-order valence-electron chi connectivity index (χ1n) is 9.84. The number of carbonyl (C=O) groups excluding carboxylic acids is 1. The number of likely N-dealkylation sites (N-methyl/N-ethyl adjacent to an activating group) is 1. The van der Waals surface area contributed by atoms with Gasteiger partial charge in [-0.2, -0.15) is 13.2 Å². The molecule has 1 N–H and O–H groups in total. The van der Waals surface area contributed by atoms with Crippen molar-refractivity contribution in [2.45, 2.75) is 44.5 Å². The van der Waals surface area contributed by atoms with Gasteiger partial charge in [-0.3, -0.25) is 9.69 Å². The van der Waals surface area contributed by atoms with Gasteiger partial charge >= 0.3 is 6.18 Å². The fraction of sp³-hybridized carbons (Fsp3) is 0.889. The molecule has 0 radical (unpaired) electrons. The fourth-order valence-electron chi connectivity index (χ4n) is 3.25. The molecule has 2 atom stereocenters. The Bertz CT molecular complexity index is 534. The summed E-state index contributed by atoms with van der Waals surface area (Å²) in [4.78, 5) is 21.1.